The normalized spacial score (nSPS) is 14.6. The molecule has 0 bridgehead atoms. The van der Waals surface area contributed by atoms with E-state index in [1.807, 2.05) is 24.3 Å². The van der Waals surface area contributed by atoms with Crippen LogP contribution in [-0.2, 0) is 4.79 Å². The number of nitrogens with one attached hydrogen (secondary N) is 1. The molecule has 0 fully saturated rings. The average molecular weight is 336 g/mol. The zero-order valence-electron chi connectivity index (χ0n) is 14.4. The number of hydrogen-bond acceptors (Lipinski definition) is 3. The maximum Gasteiger partial charge on any atom is 0.262 e. The Morgan fingerprint density at radius 2 is 1.40 bits per heavy atom. The summed E-state index contributed by atoms with van der Waals surface area (Å²) in [5.41, 5.74) is 2.49. The van der Waals surface area contributed by atoms with Crippen molar-refractivity contribution in [2.75, 3.05) is 5.32 Å². The molecule has 3 rings (SSSR count). The highest BCUT2D eigenvalue weighted by molar-refractivity contribution is 6.23. The zero-order chi connectivity index (χ0) is 18.1. The van der Waals surface area contributed by atoms with E-state index in [9.17, 15) is 14.4 Å². The number of hydrogen-bond donors (Lipinski definition) is 1. The van der Waals surface area contributed by atoms with Crippen LogP contribution in [0.4, 0.5) is 5.69 Å². The summed E-state index contributed by atoms with van der Waals surface area (Å²) in [5.74, 6) is -0.856. The maximum atomic E-state index is 12.5. The molecule has 0 aliphatic carbocycles. The van der Waals surface area contributed by atoms with Crippen molar-refractivity contribution in [1.29, 1.82) is 0 Å². The van der Waals surface area contributed by atoms with Gasteiger partial charge < -0.3 is 5.32 Å². The molecule has 0 unspecified atom stereocenters. The smallest absolute Gasteiger partial charge is 0.262 e. The number of carbonyl (C=O) groups excluding carboxylic acids is 3. The number of benzene rings is 2. The predicted octanol–water partition coefficient (Wildman–Crippen LogP) is 3.43. The summed E-state index contributed by atoms with van der Waals surface area (Å²) in [5, 5.41) is 2.77. The third-order valence-corrected chi connectivity index (χ3v) is 4.44. The summed E-state index contributed by atoms with van der Waals surface area (Å²) in [4.78, 5) is 38.4. The van der Waals surface area contributed by atoms with Gasteiger partial charge in [0.05, 0.1) is 11.1 Å². The lowest BCUT2D eigenvalue weighted by atomic mass is 10.0. The van der Waals surface area contributed by atoms with E-state index in [1.165, 1.54) is 5.56 Å². The first-order valence-corrected chi connectivity index (χ1v) is 8.28. The second-order valence-electron chi connectivity index (χ2n) is 6.47. The summed E-state index contributed by atoms with van der Waals surface area (Å²) in [7, 11) is 0. The van der Waals surface area contributed by atoms with E-state index in [-0.39, 0.29) is 0 Å². The molecule has 0 saturated heterocycles. The van der Waals surface area contributed by atoms with Crippen molar-refractivity contribution in [3.05, 3.63) is 65.2 Å². The molecular formula is C20H20N2O3. The van der Waals surface area contributed by atoms with Crippen LogP contribution in [0, 0.1) is 0 Å². The van der Waals surface area contributed by atoms with Crippen molar-refractivity contribution in [1.82, 2.24) is 4.90 Å². The van der Waals surface area contributed by atoms with E-state index in [0.29, 0.717) is 22.7 Å². The van der Waals surface area contributed by atoms with E-state index in [1.54, 1.807) is 31.2 Å². The minimum Gasteiger partial charge on any atom is -0.324 e. The number of fused-ring (bicyclic) bond motifs is 1. The summed E-state index contributed by atoms with van der Waals surface area (Å²) < 4.78 is 0. The first-order chi connectivity index (χ1) is 11.9. The Morgan fingerprint density at radius 1 is 0.880 bits per heavy atom. The van der Waals surface area contributed by atoms with Gasteiger partial charge >= 0.3 is 0 Å². The van der Waals surface area contributed by atoms with Gasteiger partial charge in [0.2, 0.25) is 5.91 Å². The van der Waals surface area contributed by atoms with Gasteiger partial charge in [-0.2, -0.15) is 0 Å². The van der Waals surface area contributed by atoms with Crippen molar-refractivity contribution < 1.29 is 14.4 Å². The molecule has 1 aliphatic heterocycles. The number of rotatable bonds is 4. The quantitative estimate of drug-likeness (QED) is 0.870. The van der Waals surface area contributed by atoms with E-state index < -0.39 is 23.8 Å². The van der Waals surface area contributed by atoms with Gasteiger partial charge in [0, 0.05) is 5.69 Å². The Hall–Kier alpha value is -2.95. The van der Waals surface area contributed by atoms with Gasteiger partial charge in [-0.1, -0.05) is 38.1 Å². The Balaban J connectivity index is 1.75. The van der Waals surface area contributed by atoms with Crippen molar-refractivity contribution >= 4 is 23.4 Å². The summed E-state index contributed by atoms with van der Waals surface area (Å²) >= 11 is 0. The van der Waals surface area contributed by atoms with Crippen molar-refractivity contribution in [2.24, 2.45) is 0 Å². The van der Waals surface area contributed by atoms with Crippen LogP contribution in [0.15, 0.2) is 48.5 Å². The predicted molar refractivity (Wildman–Crippen MR) is 95.6 cm³/mol. The minimum atomic E-state index is -0.892. The van der Waals surface area contributed by atoms with Crippen molar-refractivity contribution in [2.45, 2.75) is 32.7 Å². The number of anilines is 1. The summed E-state index contributed by atoms with van der Waals surface area (Å²) in [6, 6.07) is 13.3. The molecule has 0 aromatic heterocycles. The Labute approximate surface area is 146 Å². The number of amides is 3. The molecule has 5 nitrogen and oxygen atoms in total. The van der Waals surface area contributed by atoms with Crippen LogP contribution in [0.3, 0.4) is 0 Å². The van der Waals surface area contributed by atoms with Crippen molar-refractivity contribution in [3.8, 4) is 0 Å². The van der Waals surface area contributed by atoms with Gasteiger partial charge in [-0.05, 0) is 42.7 Å². The number of nitrogens with zero attached hydrogens (tertiary/aromatic N) is 1. The lowest BCUT2D eigenvalue weighted by molar-refractivity contribution is -0.119. The molecule has 1 N–H and O–H groups in total. The lowest BCUT2D eigenvalue weighted by Gasteiger charge is -2.21. The highest BCUT2D eigenvalue weighted by atomic mass is 16.2. The molecular weight excluding hydrogens is 316 g/mol. The second-order valence-corrected chi connectivity index (χ2v) is 6.47. The molecule has 5 heteroatoms. The summed E-state index contributed by atoms with van der Waals surface area (Å²) in [6.45, 7) is 5.75. The van der Waals surface area contributed by atoms with E-state index in [4.69, 9.17) is 0 Å². The van der Waals surface area contributed by atoms with Crippen LogP contribution >= 0.6 is 0 Å². The first-order valence-electron chi connectivity index (χ1n) is 8.28. The second kappa shape index (κ2) is 6.51. The van der Waals surface area contributed by atoms with E-state index >= 15 is 0 Å². The molecule has 128 valence electrons. The highest BCUT2D eigenvalue weighted by Crippen LogP contribution is 2.25. The SMILES string of the molecule is CC(C)c1ccc(NC(=O)[C@@H](C)N2C(=O)c3ccccc3C2=O)cc1. The van der Waals surface area contributed by atoms with Gasteiger partial charge in [0.15, 0.2) is 0 Å². The molecule has 0 saturated carbocycles. The van der Waals surface area contributed by atoms with Gasteiger partial charge in [0.1, 0.15) is 6.04 Å². The molecule has 2 aromatic carbocycles. The third-order valence-electron chi connectivity index (χ3n) is 4.44. The maximum absolute atomic E-state index is 12.5. The Kier molecular flexibility index (Phi) is 4.40. The van der Waals surface area contributed by atoms with E-state index in [0.717, 1.165) is 4.90 Å². The molecule has 1 aliphatic rings. The third kappa shape index (κ3) is 3.05. The van der Waals surface area contributed by atoms with Crippen LogP contribution in [0.5, 0.6) is 0 Å². The molecule has 2 aromatic rings. The number of carbonyl (C=O) groups is 3. The van der Waals surface area contributed by atoms with E-state index in [2.05, 4.69) is 19.2 Å². The molecule has 0 spiro atoms. The first kappa shape index (κ1) is 16.9. The van der Waals surface area contributed by atoms with Crippen molar-refractivity contribution in [3.63, 3.8) is 0 Å². The standard InChI is InChI=1S/C20H20N2O3/c1-12(2)14-8-10-15(11-9-14)21-18(23)13(3)22-19(24)16-6-4-5-7-17(16)20(22)25/h4-13H,1-3H3,(H,21,23)/t13-/m1/s1. The Bertz CT molecular complexity index is 805. The molecule has 3 amide bonds. The largest absolute Gasteiger partial charge is 0.324 e. The van der Waals surface area contributed by atoms with Crippen LogP contribution < -0.4 is 5.32 Å². The van der Waals surface area contributed by atoms with Crippen LogP contribution in [-0.4, -0.2) is 28.7 Å². The fraction of sp³-hybridized carbons (Fsp3) is 0.250. The lowest BCUT2D eigenvalue weighted by Crippen LogP contribution is -2.45. The topological polar surface area (TPSA) is 66.5 Å². The Morgan fingerprint density at radius 3 is 1.88 bits per heavy atom. The number of imide groups is 1. The molecule has 1 heterocycles. The zero-order valence-corrected chi connectivity index (χ0v) is 14.4. The summed E-state index contributed by atoms with van der Waals surface area (Å²) in [6.07, 6.45) is 0. The van der Waals surface area contributed by atoms with Gasteiger partial charge in [-0.25, -0.2) is 0 Å². The van der Waals surface area contributed by atoms with Crippen LogP contribution in [0.2, 0.25) is 0 Å². The fourth-order valence-electron chi connectivity index (χ4n) is 2.87. The monoisotopic (exact) mass is 336 g/mol. The van der Waals surface area contributed by atoms with Gasteiger partial charge in [-0.15, -0.1) is 0 Å². The van der Waals surface area contributed by atoms with Crippen LogP contribution in [0.1, 0.15) is 53.0 Å². The van der Waals surface area contributed by atoms with Crippen LogP contribution in [0.25, 0.3) is 0 Å². The molecule has 25 heavy (non-hydrogen) atoms. The van der Waals surface area contributed by atoms with Gasteiger partial charge in [0.25, 0.3) is 11.8 Å². The molecule has 1 atom stereocenters. The molecule has 0 radical (unpaired) electrons. The fourth-order valence-corrected chi connectivity index (χ4v) is 2.87. The minimum absolute atomic E-state index is 0.341. The highest BCUT2D eigenvalue weighted by Gasteiger charge is 2.40. The average Bonchev–Trinajstić information content (AvgIpc) is 2.86. The van der Waals surface area contributed by atoms with Gasteiger partial charge in [-0.3, -0.25) is 19.3 Å².